The molecule has 5 nitrogen and oxygen atoms in total. The summed E-state index contributed by atoms with van der Waals surface area (Å²) >= 11 is 0. The van der Waals surface area contributed by atoms with Crippen LogP contribution in [0.15, 0.2) is 18.2 Å². The van der Waals surface area contributed by atoms with E-state index in [0.717, 1.165) is 24.8 Å². The van der Waals surface area contributed by atoms with Crippen molar-refractivity contribution in [2.75, 3.05) is 13.7 Å². The lowest BCUT2D eigenvalue weighted by atomic mass is 9.75. The zero-order valence-electron chi connectivity index (χ0n) is 12.6. The SMILES string of the molecule is COc1ccc(CC2(CN)CCCCCC2)cc1[N+](=O)[O-]. The van der Waals surface area contributed by atoms with Crippen molar-refractivity contribution in [2.45, 2.75) is 44.9 Å². The molecule has 0 saturated heterocycles. The van der Waals surface area contributed by atoms with E-state index in [1.165, 1.54) is 32.8 Å². The molecule has 0 radical (unpaired) electrons. The van der Waals surface area contributed by atoms with Crippen molar-refractivity contribution in [3.05, 3.63) is 33.9 Å². The first kappa shape index (κ1) is 15.8. The molecule has 116 valence electrons. The van der Waals surface area contributed by atoms with Crippen molar-refractivity contribution in [2.24, 2.45) is 11.1 Å². The van der Waals surface area contributed by atoms with Crippen molar-refractivity contribution < 1.29 is 9.66 Å². The first-order valence-corrected chi connectivity index (χ1v) is 7.62. The van der Waals surface area contributed by atoms with E-state index in [1.54, 1.807) is 12.1 Å². The number of nitrogens with two attached hydrogens (primary N) is 1. The van der Waals surface area contributed by atoms with E-state index in [2.05, 4.69) is 0 Å². The van der Waals surface area contributed by atoms with Gasteiger partial charge in [0.1, 0.15) is 0 Å². The zero-order valence-corrected chi connectivity index (χ0v) is 12.6. The molecule has 2 N–H and O–H groups in total. The Kier molecular flexibility index (Phi) is 5.17. The largest absolute Gasteiger partial charge is 0.490 e. The lowest BCUT2D eigenvalue weighted by Crippen LogP contribution is -2.32. The van der Waals surface area contributed by atoms with Crippen LogP contribution in [-0.4, -0.2) is 18.6 Å². The summed E-state index contributed by atoms with van der Waals surface area (Å²) in [4.78, 5) is 10.7. The normalized spacial score (nSPS) is 18.0. The molecule has 0 atom stereocenters. The first-order chi connectivity index (χ1) is 10.1. The lowest BCUT2D eigenvalue weighted by Gasteiger charge is -2.31. The Balaban J connectivity index is 2.24. The van der Waals surface area contributed by atoms with Crippen LogP contribution in [0.2, 0.25) is 0 Å². The van der Waals surface area contributed by atoms with E-state index in [4.69, 9.17) is 10.5 Å². The molecular formula is C16H24N2O3. The van der Waals surface area contributed by atoms with E-state index < -0.39 is 0 Å². The standard InChI is InChI=1S/C16H24N2O3/c1-21-15-7-6-13(10-14(15)18(19)20)11-16(12-17)8-4-2-3-5-9-16/h6-7,10H,2-5,8-9,11-12,17H2,1H3. The number of nitro groups is 1. The summed E-state index contributed by atoms with van der Waals surface area (Å²) < 4.78 is 5.06. The fourth-order valence-electron chi connectivity index (χ4n) is 3.35. The molecule has 1 aliphatic carbocycles. The third-order valence-electron chi connectivity index (χ3n) is 4.62. The van der Waals surface area contributed by atoms with Crippen molar-refractivity contribution in [1.82, 2.24) is 0 Å². The molecule has 0 heterocycles. The quantitative estimate of drug-likeness (QED) is 0.512. The molecule has 5 heteroatoms. The molecule has 1 aromatic carbocycles. The predicted octanol–water partition coefficient (Wildman–Crippen LogP) is 3.45. The number of rotatable bonds is 5. The monoisotopic (exact) mass is 292 g/mol. The van der Waals surface area contributed by atoms with Crippen molar-refractivity contribution in [3.8, 4) is 5.75 Å². The summed E-state index contributed by atoms with van der Waals surface area (Å²) in [5.41, 5.74) is 7.17. The minimum atomic E-state index is -0.384. The molecule has 0 aromatic heterocycles. The fraction of sp³-hybridized carbons (Fsp3) is 0.625. The molecule has 0 aliphatic heterocycles. The third kappa shape index (κ3) is 3.73. The van der Waals surface area contributed by atoms with E-state index in [0.29, 0.717) is 12.3 Å². The topological polar surface area (TPSA) is 78.4 Å². The molecule has 2 rings (SSSR count). The van der Waals surface area contributed by atoms with Gasteiger partial charge >= 0.3 is 5.69 Å². The zero-order chi connectivity index (χ0) is 15.3. The minimum absolute atomic E-state index is 0.0378. The second-order valence-electron chi connectivity index (χ2n) is 6.06. The van der Waals surface area contributed by atoms with Crippen LogP contribution < -0.4 is 10.5 Å². The highest BCUT2D eigenvalue weighted by molar-refractivity contribution is 5.48. The molecule has 1 saturated carbocycles. The third-order valence-corrected chi connectivity index (χ3v) is 4.62. The van der Waals surface area contributed by atoms with Crippen molar-refractivity contribution in [3.63, 3.8) is 0 Å². The van der Waals surface area contributed by atoms with Crippen LogP contribution in [0, 0.1) is 15.5 Å². The average molecular weight is 292 g/mol. The number of methoxy groups -OCH3 is 1. The first-order valence-electron chi connectivity index (χ1n) is 7.62. The van der Waals surface area contributed by atoms with Crippen LogP contribution >= 0.6 is 0 Å². The summed E-state index contributed by atoms with van der Waals surface area (Å²) in [6.07, 6.45) is 7.99. The Bertz CT molecular complexity index is 494. The van der Waals surface area contributed by atoms with Gasteiger partial charge in [0.15, 0.2) is 5.75 Å². The maximum absolute atomic E-state index is 11.1. The molecular weight excluding hydrogens is 268 g/mol. The summed E-state index contributed by atoms with van der Waals surface area (Å²) in [6, 6.07) is 5.25. The highest BCUT2D eigenvalue weighted by Crippen LogP contribution is 2.38. The fourth-order valence-corrected chi connectivity index (χ4v) is 3.35. The Hall–Kier alpha value is -1.62. The van der Waals surface area contributed by atoms with Crippen LogP contribution in [-0.2, 0) is 6.42 Å². The summed E-state index contributed by atoms with van der Waals surface area (Å²) in [6.45, 7) is 0.646. The molecule has 1 aromatic rings. The molecule has 21 heavy (non-hydrogen) atoms. The maximum Gasteiger partial charge on any atom is 0.311 e. The van der Waals surface area contributed by atoms with Gasteiger partial charge < -0.3 is 10.5 Å². The number of benzene rings is 1. The Morgan fingerprint density at radius 3 is 2.48 bits per heavy atom. The highest BCUT2D eigenvalue weighted by Gasteiger charge is 2.30. The molecule has 0 spiro atoms. The van der Waals surface area contributed by atoms with E-state index in [1.807, 2.05) is 6.07 Å². The van der Waals surface area contributed by atoms with Crippen molar-refractivity contribution >= 4 is 5.69 Å². The number of hydrogen-bond donors (Lipinski definition) is 1. The van der Waals surface area contributed by atoms with E-state index in [-0.39, 0.29) is 16.0 Å². The Labute approximate surface area is 125 Å². The minimum Gasteiger partial charge on any atom is -0.490 e. The van der Waals surface area contributed by atoms with Crippen LogP contribution in [0.25, 0.3) is 0 Å². The maximum atomic E-state index is 11.1. The van der Waals surface area contributed by atoms with Gasteiger partial charge in [0.2, 0.25) is 0 Å². The summed E-state index contributed by atoms with van der Waals surface area (Å²) in [7, 11) is 1.45. The molecule has 0 amide bonds. The highest BCUT2D eigenvalue weighted by atomic mass is 16.6. The Morgan fingerprint density at radius 1 is 1.29 bits per heavy atom. The van der Waals surface area contributed by atoms with Gasteiger partial charge in [0.25, 0.3) is 0 Å². The van der Waals surface area contributed by atoms with Crippen LogP contribution in [0.4, 0.5) is 5.69 Å². The van der Waals surface area contributed by atoms with Gasteiger partial charge in [-0.3, -0.25) is 10.1 Å². The van der Waals surface area contributed by atoms with E-state index in [9.17, 15) is 10.1 Å². The number of ether oxygens (including phenoxy) is 1. The molecule has 1 aliphatic rings. The molecule has 0 unspecified atom stereocenters. The van der Waals surface area contributed by atoms with Gasteiger partial charge in [-0.15, -0.1) is 0 Å². The van der Waals surface area contributed by atoms with Gasteiger partial charge in [0, 0.05) is 6.07 Å². The van der Waals surface area contributed by atoms with Crippen LogP contribution in [0.3, 0.4) is 0 Å². The van der Waals surface area contributed by atoms with Gasteiger partial charge in [-0.2, -0.15) is 0 Å². The molecule has 0 bridgehead atoms. The second kappa shape index (κ2) is 6.89. The van der Waals surface area contributed by atoms with Gasteiger partial charge in [-0.25, -0.2) is 0 Å². The van der Waals surface area contributed by atoms with Crippen molar-refractivity contribution in [1.29, 1.82) is 0 Å². The van der Waals surface area contributed by atoms with Crippen LogP contribution in [0.1, 0.15) is 44.1 Å². The number of nitrogens with zero attached hydrogens (tertiary/aromatic N) is 1. The van der Waals surface area contributed by atoms with Gasteiger partial charge in [-0.05, 0) is 42.9 Å². The van der Waals surface area contributed by atoms with Gasteiger partial charge in [0.05, 0.1) is 12.0 Å². The summed E-state index contributed by atoms with van der Waals surface area (Å²) in [5, 5.41) is 11.1. The van der Waals surface area contributed by atoms with E-state index >= 15 is 0 Å². The molecule has 1 fully saturated rings. The van der Waals surface area contributed by atoms with Gasteiger partial charge in [-0.1, -0.05) is 31.7 Å². The van der Waals surface area contributed by atoms with Crippen LogP contribution in [0.5, 0.6) is 5.75 Å². The second-order valence-corrected chi connectivity index (χ2v) is 6.06. The number of hydrogen-bond acceptors (Lipinski definition) is 4. The smallest absolute Gasteiger partial charge is 0.311 e. The number of nitro benzene ring substituents is 1. The predicted molar refractivity (Wildman–Crippen MR) is 82.5 cm³/mol. The summed E-state index contributed by atoms with van der Waals surface area (Å²) in [5.74, 6) is 0.311. The Morgan fingerprint density at radius 2 is 1.95 bits per heavy atom. The average Bonchev–Trinajstić information content (AvgIpc) is 2.73. The lowest BCUT2D eigenvalue weighted by molar-refractivity contribution is -0.385.